The number of carbonyl (C=O) groups is 2. The number of morpholine rings is 1. The maximum atomic E-state index is 13.2. The lowest BCUT2D eigenvalue weighted by molar-refractivity contribution is -0.118. The molecular weight excluding hydrogens is 443 g/mol. The Hall–Kier alpha value is -3.22. The first-order valence-corrected chi connectivity index (χ1v) is 11.1. The van der Waals surface area contributed by atoms with Crippen LogP contribution >= 0.6 is 0 Å². The van der Waals surface area contributed by atoms with Gasteiger partial charge in [0, 0.05) is 20.1 Å². The van der Waals surface area contributed by atoms with E-state index in [1.54, 1.807) is 0 Å². The van der Waals surface area contributed by atoms with Gasteiger partial charge in [0.2, 0.25) is 15.9 Å². The van der Waals surface area contributed by atoms with Crippen molar-refractivity contribution in [3.8, 4) is 11.5 Å². The van der Waals surface area contributed by atoms with Crippen molar-refractivity contribution in [3.05, 3.63) is 48.3 Å². The summed E-state index contributed by atoms with van der Waals surface area (Å²) in [6.07, 6.45) is 0. The van der Waals surface area contributed by atoms with E-state index < -0.39 is 27.8 Å². The third-order valence-electron chi connectivity index (χ3n) is 4.52. The molecule has 3 N–H and O–H groups in total. The van der Waals surface area contributed by atoms with Gasteiger partial charge in [-0.2, -0.15) is 4.31 Å². The normalized spacial score (nSPS) is 14.4. The number of urea groups is 1. The molecule has 1 heterocycles. The van der Waals surface area contributed by atoms with Crippen LogP contribution in [0.5, 0.6) is 11.5 Å². The van der Waals surface area contributed by atoms with Crippen LogP contribution in [0.3, 0.4) is 0 Å². The second kappa shape index (κ2) is 10.4. The number of ether oxygens (including phenoxy) is 2. The highest BCUT2D eigenvalue weighted by Crippen LogP contribution is 2.33. The Bertz CT molecular complexity index is 1070. The van der Waals surface area contributed by atoms with Crippen molar-refractivity contribution >= 4 is 27.6 Å². The number of rotatable bonds is 7. The van der Waals surface area contributed by atoms with Gasteiger partial charge in [-0.25, -0.2) is 17.6 Å². The number of nitrogens with zero attached hydrogens (tertiary/aromatic N) is 1. The molecule has 0 saturated carbocycles. The van der Waals surface area contributed by atoms with E-state index >= 15 is 0 Å². The quantitative estimate of drug-likeness (QED) is 0.565. The Labute approximate surface area is 184 Å². The van der Waals surface area contributed by atoms with Gasteiger partial charge in [0.25, 0.3) is 0 Å². The Morgan fingerprint density at radius 3 is 2.47 bits per heavy atom. The third kappa shape index (κ3) is 5.93. The molecule has 0 bridgehead atoms. The summed E-state index contributed by atoms with van der Waals surface area (Å²) in [7, 11) is -2.43. The minimum Gasteiger partial charge on any atom is -0.455 e. The number of carbonyl (C=O) groups excluding carboxylic acids is 2. The van der Waals surface area contributed by atoms with E-state index in [2.05, 4.69) is 16.0 Å². The van der Waals surface area contributed by atoms with Gasteiger partial charge in [-0.05, 0) is 42.5 Å². The standard InChI is InChI=1S/C20H23FN4O6S/c1-22-20(27)24-19(26)13-23-17-12-16(32(28,29)25-8-10-30-11-9-25)6-7-18(17)31-15-4-2-14(21)3-5-15/h2-7,12,23H,8-11,13H2,1H3,(H2,22,24,26,27). The summed E-state index contributed by atoms with van der Waals surface area (Å²) in [5.74, 6) is -0.551. The number of imide groups is 1. The van der Waals surface area contributed by atoms with E-state index in [-0.39, 0.29) is 36.0 Å². The molecule has 3 rings (SSSR count). The molecule has 0 radical (unpaired) electrons. The van der Waals surface area contributed by atoms with Gasteiger partial charge in [0.1, 0.15) is 11.6 Å². The van der Waals surface area contributed by atoms with Gasteiger partial charge < -0.3 is 20.1 Å². The molecule has 1 saturated heterocycles. The molecule has 2 aromatic rings. The summed E-state index contributed by atoms with van der Waals surface area (Å²) in [4.78, 5) is 23.3. The minimum absolute atomic E-state index is 0.0000607. The molecule has 3 amide bonds. The maximum absolute atomic E-state index is 13.2. The lowest BCUT2D eigenvalue weighted by Gasteiger charge is -2.26. The van der Waals surface area contributed by atoms with Crippen LogP contribution in [0.15, 0.2) is 47.4 Å². The molecule has 0 aromatic heterocycles. The first kappa shape index (κ1) is 23.4. The summed E-state index contributed by atoms with van der Waals surface area (Å²) in [6.45, 7) is 0.737. The van der Waals surface area contributed by atoms with Crippen molar-refractivity contribution in [2.75, 3.05) is 45.2 Å². The number of anilines is 1. The number of halogens is 1. The molecule has 32 heavy (non-hydrogen) atoms. The smallest absolute Gasteiger partial charge is 0.321 e. The largest absolute Gasteiger partial charge is 0.455 e. The number of hydrogen-bond donors (Lipinski definition) is 3. The topological polar surface area (TPSA) is 126 Å². The fourth-order valence-electron chi connectivity index (χ4n) is 2.87. The Morgan fingerprint density at radius 1 is 1.12 bits per heavy atom. The fraction of sp³-hybridized carbons (Fsp3) is 0.300. The van der Waals surface area contributed by atoms with Crippen LogP contribution < -0.4 is 20.7 Å². The van der Waals surface area contributed by atoms with Gasteiger partial charge in [-0.15, -0.1) is 0 Å². The number of hydrogen-bond acceptors (Lipinski definition) is 7. The molecule has 1 fully saturated rings. The highest BCUT2D eigenvalue weighted by atomic mass is 32.2. The molecule has 0 spiro atoms. The van der Waals surface area contributed by atoms with E-state index in [9.17, 15) is 22.4 Å². The molecule has 10 nitrogen and oxygen atoms in total. The average Bonchev–Trinajstić information content (AvgIpc) is 2.80. The summed E-state index contributed by atoms with van der Waals surface area (Å²) in [5, 5.41) is 7.15. The van der Waals surface area contributed by atoms with Crippen molar-refractivity contribution in [1.29, 1.82) is 0 Å². The summed E-state index contributed by atoms with van der Waals surface area (Å²) >= 11 is 0. The highest BCUT2D eigenvalue weighted by Gasteiger charge is 2.27. The molecule has 1 aliphatic rings. The van der Waals surface area contributed by atoms with Crippen LogP contribution in [-0.4, -0.2) is 64.6 Å². The molecule has 0 atom stereocenters. The second-order valence-corrected chi connectivity index (χ2v) is 8.65. The van der Waals surface area contributed by atoms with Gasteiger partial charge in [0.05, 0.1) is 30.3 Å². The predicted molar refractivity (Wildman–Crippen MR) is 114 cm³/mol. The SMILES string of the molecule is CNC(=O)NC(=O)CNc1cc(S(=O)(=O)N2CCOCC2)ccc1Oc1ccc(F)cc1. The van der Waals surface area contributed by atoms with Crippen LogP contribution in [0.4, 0.5) is 14.9 Å². The monoisotopic (exact) mass is 466 g/mol. The molecule has 0 aliphatic carbocycles. The van der Waals surface area contributed by atoms with Gasteiger partial charge >= 0.3 is 6.03 Å². The van der Waals surface area contributed by atoms with E-state index in [0.29, 0.717) is 19.0 Å². The van der Waals surface area contributed by atoms with E-state index in [4.69, 9.17) is 9.47 Å². The first-order chi connectivity index (χ1) is 15.3. The predicted octanol–water partition coefficient (Wildman–Crippen LogP) is 1.51. The number of sulfonamides is 1. The van der Waals surface area contributed by atoms with E-state index in [0.717, 1.165) is 0 Å². The molecule has 12 heteroatoms. The lowest BCUT2D eigenvalue weighted by Crippen LogP contribution is -2.41. The highest BCUT2D eigenvalue weighted by molar-refractivity contribution is 7.89. The zero-order valence-electron chi connectivity index (χ0n) is 17.3. The molecule has 172 valence electrons. The first-order valence-electron chi connectivity index (χ1n) is 9.70. The minimum atomic E-state index is -3.80. The van der Waals surface area contributed by atoms with Gasteiger partial charge in [0.15, 0.2) is 5.75 Å². The zero-order chi connectivity index (χ0) is 23.1. The fourth-order valence-corrected chi connectivity index (χ4v) is 4.31. The van der Waals surface area contributed by atoms with Gasteiger partial charge in [-0.1, -0.05) is 0 Å². The van der Waals surface area contributed by atoms with Crippen LogP contribution in [-0.2, 0) is 19.6 Å². The van der Waals surface area contributed by atoms with Crippen molar-refractivity contribution in [1.82, 2.24) is 14.9 Å². The average molecular weight is 466 g/mol. The van der Waals surface area contributed by atoms with Crippen LogP contribution in [0, 0.1) is 5.82 Å². The Balaban J connectivity index is 1.87. The van der Waals surface area contributed by atoms with Crippen molar-refractivity contribution in [2.24, 2.45) is 0 Å². The molecule has 2 aromatic carbocycles. The number of amides is 3. The summed E-state index contributed by atoms with van der Waals surface area (Å²) in [6, 6.07) is 8.76. The maximum Gasteiger partial charge on any atom is 0.321 e. The number of nitrogens with one attached hydrogen (secondary N) is 3. The van der Waals surface area contributed by atoms with Crippen LogP contribution in [0.25, 0.3) is 0 Å². The molecule has 1 aliphatic heterocycles. The Morgan fingerprint density at radius 2 is 1.81 bits per heavy atom. The molecular formula is C20H23FN4O6S. The van der Waals surface area contributed by atoms with E-state index in [1.165, 1.54) is 53.8 Å². The van der Waals surface area contributed by atoms with Gasteiger partial charge in [-0.3, -0.25) is 10.1 Å². The van der Waals surface area contributed by atoms with Crippen LogP contribution in [0.2, 0.25) is 0 Å². The summed E-state index contributed by atoms with van der Waals surface area (Å²) < 4.78 is 51.4. The second-order valence-electron chi connectivity index (χ2n) is 6.71. The van der Waals surface area contributed by atoms with Crippen molar-refractivity contribution < 1.29 is 31.9 Å². The third-order valence-corrected chi connectivity index (χ3v) is 6.41. The number of benzene rings is 2. The lowest BCUT2D eigenvalue weighted by atomic mass is 10.2. The summed E-state index contributed by atoms with van der Waals surface area (Å²) in [5.41, 5.74) is 0.204. The van der Waals surface area contributed by atoms with Crippen LogP contribution in [0.1, 0.15) is 0 Å². The zero-order valence-corrected chi connectivity index (χ0v) is 18.1. The van der Waals surface area contributed by atoms with Crippen molar-refractivity contribution in [3.63, 3.8) is 0 Å². The Kier molecular flexibility index (Phi) is 7.62. The van der Waals surface area contributed by atoms with Crippen molar-refractivity contribution in [2.45, 2.75) is 4.90 Å². The van der Waals surface area contributed by atoms with E-state index in [1.807, 2.05) is 0 Å². The molecule has 0 unspecified atom stereocenters.